The Morgan fingerprint density at radius 2 is 1.34 bits per heavy atom. The molecule has 0 aliphatic carbocycles. The summed E-state index contributed by atoms with van der Waals surface area (Å²) in [5.74, 6) is 0.623. The largest absolute Gasteiger partial charge is 0.454 e. The van der Waals surface area contributed by atoms with Crippen LogP contribution in [0.5, 0.6) is 0 Å². The Labute approximate surface area is 251 Å². The number of hydrogen-bond acceptors (Lipinski definition) is 4. The average Bonchev–Trinajstić information content (AvgIpc) is 3.64. The SMILES string of the molecule is N#Cc1cccc(-c2nc(-c3cccc(-n4c5ccccc5c5ccc6c7ccccc7oc6c54)c3)nc3ccccc23)c1. The van der Waals surface area contributed by atoms with Crippen molar-refractivity contribution in [2.75, 3.05) is 0 Å². The van der Waals surface area contributed by atoms with E-state index in [0.717, 1.165) is 77.2 Å². The van der Waals surface area contributed by atoms with Crippen LogP contribution in [0.15, 0.2) is 138 Å². The highest BCUT2D eigenvalue weighted by atomic mass is 16.3. The van der Waals surface area contributed by atoms with Crippen LogP contribution in [0.2, 0.25) is 0 Å². The van der Waals surface area contributed by atoms with Crippen LogP contribution >= 0.6 is 0 Å². The van der Waals surface area contributed by atoms with Gasteiger partial charge in [0.2, 0.25) is 0 Å². The van der Waals surface area contributed by atoms with Gasteiger partial charge in [-0.2, -0.15) is 5.26 Å². The van der Waals surface area contributed by atoms with Crippen LogP contribution in [0, 0.1) is 11.3 Å². The second-order valence-corrected chi connectivity index (χ2v) is 10.9. The van der Waals surface area contributed by atoms with Gasteiger partial charge in [-0.25, -0.2) is 9.97 Å². The highest BCUT2D eigenvalue weighted by molar-refractivity contribution is 6.21. The topological polar surface area (TPSA) is 67.6 Å². The Balaban J connectivity index is 1.31. The van der Waals surface area contributed by atoms with Gasteiger partial charge in [0.15, 0.2) is 11.4 Å². The zero-order chi connectivity index (χ0) is 29.2. The van der Waals surface area contributed by atoms with Gasteiger partial charge < -0.3 is 8.98 Å². The van der Waals surface area contributed by atoms with Gasteiger partial charge in [0.05, 0.1) is 33.9 Å². The van der Waals surface area contributed by atoms with Crippen LogP contribution in [-0.2, 0) is 0 Å². The molecule has 0 N–H and O–H groups in total. The van der Waals surface area contributed by atoms with Crippen molar-refractivity contribution in [1.29, 1.82) is 5.26 Å². The van der Waals surface area contributed by atoms with Crippen LogP contribution in [0.4, 0.5) is 0 Å². The fourth-order valence-corrected chi connectivity index (χ4v) is 6.44. The van der Waals surface area contributed by atoms with E-state index in [4.69, 9.17) is 14.4 Å². The highest BCUT2D eigenvalue weighted by Gasteiger charge is 2.19. The summed E-state index contributed by atoms with van der Waals surface area (Å²) in [6.45, 7) is 0. The van der Waals surface area contributed by atoms with Gasteiger partial charge in [-0.3, -0.25) is 0 Å². The molecule has 0 bridgehead atoms. The lowest BCUT2D eigenvalue weighted by atomic mass is 10.0. The number of aromatic nitrogens is 3. The Morgan fingerprint density at radius 1 is 0.591 bits per heavy atom. The Morgan fingerprint density at radius 3 is 2.25 bits per heavy atom. The van der Waals surface area contributed by atoms with Crippen LogP contribution in [0.1, 0.15) is 5.56 Å². The van der Waals surface area contributed by atoms with Gasteiger partial charge in [-0.05, 0) is 48.5 Å². The van der Waals surface area contributed by atoms with Gasteiger partial charge in [0.25, 0.3) is 0 Å². The van der Waals surface area contributed by atoms with Crippen molar-refractivity contribution in [3.05, 3.63) is 139 Å². The first-order valence-corrected chi connectivity index (χ1v) is 14.5. The van der Waals surface area contributed by atoms with Crippen molar-refractivity contribution in [2.24, 2.45) is 0 Å². The van der Waals surface area contributed by atoms with Crippen molar-refractivity contribution in [3.8, 4) is 34.4 Å². The zero-order valence-corrected chi connectivity index (χ0v) is 23.4. The summed E-state index contributed by atoms with van der Waals surface area (Å²) in [7, 11) is 0. The predicted octanol–water partition coefficient (Wildman–Crippen LogP) is 9.83. The molecule has 44 heavy (non-hydrogen) atoms. The van der Waals surface area contributed by atoms with Crippen molar-refractivity contribution < 1.29 is 4.42 Å². The maximum Gasteiger partial charge on any atom is 0.160 e. The summed E-state index contributed by atoms with van der Waals surface area (Å²) in [6, 6.07) is 47.3. The maximum absolute atomic E-state index is 9.54. The van der Waals surface area contributed by atoms with Gasteiger partial charge in [0.1, 0.15) is 5.58 Å². The average molecular weight is 563 g/mol. The van der Waals surface area contributed by atoms with Crippen LogP contribution in [0.3, 0.4) is 0 Å². The lowest BCUT2D eigenvalue weighted by molar-refractivity contribution is 0.671. The number of fused-ring (bicyclic) bond motifs is 8. The summed E-state index contributed by atoms with van der Waals surface area (Å²) in [4.78, 5) is 10.1. The molecule has 9 rings (SSSR count). The van der Waals surface area contributed by atoms with E-state index in [-0.39, 0.29) is 0 Å². The number of nitriles is 1. The number of hydrogen-bond donors (Lipinski definition) is 0. The Kier molecular flexibility index (Phi) is 5.19. The Hall–Kier alpha value is -6.25. The number of benzene rings is 6. The minimum atomic E-state index is 0.594. The summed E-state index contributed by atoms with van der Waals surface area (Å²) in [5, 5.41) is 15.0. The summed E-state index contributed by atoms with van der Waals surface area (Å²) >= 11 is 0. The quantitative estimate of drug-likeness (QED) is 0.215. The maximum atomic E-state index is 9.54. The smallest absolute Gasteiger partial charge is 0.160 e. The molecule has 0 radical (unpaired) electrons. The highest BCUT2D eigenvalue weighted by Crippen LogP contribution is 2.40. The lowest BCUT2D eigenvalue weighted by Crippen LogP contribution is -1.98. The fraction of sp³-hybridized carbons (Fsp3) is 0. The molecule has 6 aromatic carbocycles. The van der Waals surface area contributed by atoms with E-state index < -0.39 is 0 Å². The number of rotatable bonds is 3. The third kappa shape index (κ3) is 3.58. The molecule has 0 saturated carbocycles. The Bertz CT molecular complexity index is 2640. The second kappa shape index (κ2) is 9.38. The molecule has 0 spiro atoms. The number of para-hydroxylation sites is 3. The predicted molar refractivity (Wildman–Crippen MR) is 177 cm³/mol. The second-order valence-electron chi connectivity index (χ2n) is 10.9. The molecular formula is C39H22N4O. The van der Waals surface area contributed by atoms with Crippen molar-refractivity contribution in [1.82, 2.24) is 14.5 Å². The molecule has 5 nitrogen and oxygen atoms in total. The molecule has 0 saturated heterocycles. The van der Waals surface area contributed by atoms with Crippen LogP contribution < -0.4 is 0 Å². The monoisotopic (exact) mass is 562 g/mol. The van der Waals surface area contributed by atoms with E-state index in [0.29, 0.717) is 11.4 Å². The molecule has 0 aliphatic heterocycles. The van der Waals surface area contributed by atoms with Gasteiger partial charge >= 0.3 is 0 Å². The fourth-order valence-electron chi connectivity index (χ4n) is 6.44. The molecule has 9 aromatic rings. The summed E-state index contributed by atoms with van der Waals surface area (Å²) in [6.07, 6.45) is 0. The van der Waals surface area contributed by atoms with Crippen molar-refractivity contribution in [3.63, 3.8) is 0 Å². The standard InChI is InChI=1S/C39H22N4O/c40-23-24-9-7-10-25(21-24)36-32-15-1-4-16-33(32)41-39(42-36)26-11-8-12-27(22-26)43-34-17-5-2-13-28(34)30-19-20-31-29-14-3-6-18-35(29)44-38(31)37(30)43/h1-22H. The van der Waals surface area contributed by atoms with Gasteiger partial charge in [-0.15, -0.1) is 0 Å². The van der Waals surface area contributed by atoms with Crippen molar-refractivity contribution in [2.45, 2.75) is 0 Å². The molecule has 0 atom stereocenters. The van der Waals surface area contributed by atoms with E-state index in [2.05, 4.69) is 77.4 Å². The van der Waals surface area contributed by atoms with E-state index in [1.165, 1.54) is 0 Å². The summed E-state index contributed by atoms with van der Waals surface area (Å²) < 4.78 is 8.82. The molecule has 3 aromatic heterocycles. The normalized spacial score (nSPS) is 11.6. The molecule has 0 fully saturated rings. The zero-order valence-electron chi connectivity index (χ0n) is 23.4. The number of nitrogens with zero attached hydrogens (tertiary/aromatic N) is 4. The molecule has 3 heterocycles. The lowest BCUT2D eigenvalue weighted by Gasteiger charge is -2.12. The van der Waals surface area contributed by atoms with E-state index >= 15 is 0 Å². The van der Waals surface area contributed by atoms with E-state index in [9.17, 15) is 5.26 Å². The molecule has 0 unspecified atom stereocenters. The molecule has 5 heteroatoms. The van der Waals surface area contributed by atoms with Crippen LogP contribution in [0.25, 0.3) is 83.0 Å². The van der Waals surface area contributed by atoms with Gasteiger partial charge in [-0.1, -0.05) is 84.9 Å². The first kappa shape index (κ1) is 24.4. The van der Waals surface area contributed by atoms with Gasteiger partial charge in [0, 0.05) is 43.7 Å². The number of furan rings is 1. The minimum Gasteiger partial charge on any atom is -0.454 e. The molecule has 0 aliphatic rings. The van der Waals surface area contributed by atoms with E-state index in [1.807, 2.05) is 66.7 Å². The third-order valence-electron chi connectivity index (χ3n) is 8.41. The molecular weight excluding hydrogens is 540 g/mol. The molecule has 0 amide bonds. The summed E-state index contributed by atoms with van der Waals surface area (Å²) in [5.41, 5.74) is 8.89. The first-order valence-electron chi connectivity index (χ1n) is 14.5. The van der Waals surface area contributed by atoms with Crippen molar-refractivity contribution >= 4 is 54.6 Å². The first-order chi connectivity index (χ1) is 21.8. The third-order valence-corrected chi connectivity index (χ3v) is 8.41. The minimum absolute atomic E-state index is 0.594. The molecule has 204 valence electrons. The van der Waals surface area contributed by atoms with Crippen LogP contribution in [-0.4, -0.2) is 14.5 Å². The van der Waals surface area contributed by atoms with E-state index in [1.54, 1.807) is 0 Å².